The van der Waals surface area contributed by atoms with Crippen molar-refractivity contribution in [3.63, 3.8) is 0 Å². The highest BCUT2D eigenvalue weighted by atomic mass is 32.1. The maximum atomic E-state index is 12.5. The summed E-state index contributed by atoms with van der Waals surface area (Å²) in [6.07, 6.45) is 2.17. The Bertz CT molecular complexity index is 759. The lowest BCUT2D eigenvalue weighted by Crippen LogP contribution is -2.35. The van der Waals surface area contributed by atoms with Gasteiger partial charge in [0.25, 0.3) is 5.91 Å². The van der Waals surface area contributed by atoms with Gasteiger partial charge in [0.2, 0.25) is 5.91 Å². The van der Waals surface area contributed by atoms with Crippen LogP contribution >= 0.6 is 11.3 Å². The Morgan fingerprint density at radius 2 is 1.89 bits per heavy atom. The maximum absolute atomic E-state index is 12.5. The normalized spacial score (nSPS) is 15.2. The van der Waals surface area contributed by atoms with Gasteiger partial charge < -0.3 is 10.2 Å². The van der Waals surface area contributed by atoms with E-state index in [0.717, 1.165) is 39.1 Å². The molecule has 2 aromatic rings. The van der Waals surface area contributed by atoms with E-state index in [1.807, 2.05) is 21.7 Å². The summed E-state index contributed by atoms with van der Waals surface area (Å²) in [5.41, 5.74) is 3.30. The van der Waals surface area contributed by atoms with E-state index in [9.17, 15) is 9.59 Å². The first-order valence-corrected chi connectivity index (χ1v) is 10.9. The van der Waals surface area contributed by atoms with Gasteiger partial charge in [-0.1, -0.05) is 29.8 Å². The van der Waals surface area contributed by atoms with Crippen molar-refractivity contribution < 1.29 is 9.59 Å². The summed E-state index contributed by atoms with van der Waals surface area (Å²) < 4.78 is 0. The van der Waals surface area contributed by atoms with E-state index in [0.29, 0.717) is 24.9 Å². The second kappa shape index (κ2) is 10.4. The number of rotatable bonds is 7. The Labute approximate surface area is 171 Å². The zero-order valence-electron chi connectivity index (χ0n) is 16.5. The van der Waals surface area contributed by atoms with E-state index in [1.54, 1.807) is 0 Å². The first-order valence-electron chi connectivity index (χ1n) is 9.98. The van der Waals surface area contributed by atoms with E-state index < -0.39 is 0 Å². The molecule has 3 rings (SSSR count). The van der Waals surface area contributed by atoms with E-state index in [2.05, 4.69) is 41.4 Å². The van der Waals surface area contributed by atoms with Crippen LogP contribution in [0.3, 0.4) is 0 Å². The predicted octanol–water partition coefficient (Wildman–Crippen LogP) is 3.30. The van der Waals surface area contributed by atoms with Crippen LogP contribution in [0.2, 0.25) is 0 Å². The number of nitrogens with one attached hydrogen (secondary N) is 1. The average molecular weight is 400 g/mol. The molecule has 0 saturated carbocycles. The first-order chi connectivity index (χ1) is 13.6. The molecule has 0 bridgehead atoms. The SMILES string of the molecule is Cc1ccc(CN2CCCN(C(=O)CCCNC(=O)c3ccsc3)CC2)cc1. The van der Waals surface area contributed by atoms with Gasteiger partial charge in [-0.2, -0.15) is 11.3 Å². The minimum Gasteiger partial charge on any atom is -0.352 e. The summed E-state index contributed by atoms with van der Waals surface area (Å²) in [7, 11) is 0. The molecule has 1 aromatic heterocycles. The smallest absolute Gasteiger partial charge is 0.252 e. The van der Waals surface area contributed by atoms with Gasteiger partial charge >= 0.3 is 0 Å². The molecule has 1 aliphatic heterocycles. The van der Waals surface area contributed by atoms with Gasteiger partial charge in [-0.05, 0) is 36.8 Å². The van der Waals surface area contributed by atoms with Gasteiger partial charge in [0.1, 0.15) is 0 Å². The molecule has 1 aliphatic rings. The average Bonchev–Trinajstić information content (AvgIpc) is 3.14. The Morgan fingerprint density at radius 3 is 2.64 bits per heavy atom. The highest BCUT2D eigenvalue weighted by molar-refractivity contribution is 7.08. The van der Waals surface area contributed by atoms with Crippen LogP contribution in [0.1, 0.15) is 40.7 Å². The minimum atomic E-state index is -0.0600. The van der Waals surface area contributed by atoms with E-state index in [4.69, 9.17) is 0 Å². The number of amides is 2. The van der Waals surface area contributed by atoms with Gasteiger partial charge in [0.05, 0.1) is 0 Å². The largest absolute Gasteiger partial charge is 0.352 e. The predicted molar refractivity (Wildman–Crippen MR) is 114 cm³/mol. The van der Waals surface area contributed by atoms with Crippen LogP contribution in [0, 0.1) is 6.92 Å². The molecule has 1 saturated heterocycles. The second-order valence-corrected chi connectivity index (χ2v) is 8.15. The highest BCUT2D eigenvalue weighted by Gasteiger charge is 2.19. The van der Waals surface area contributed by atoms with Gasteiger partial charge in [0, 0.05) is 56.6 Å². The second-order valence-electron chi connectivity index (χ2n) is 7.37. The molecule has 0 spiro atoms. The topological polar surface area (TPSA) is 52.6 Å². The van der Waals surface area contributed by atoms with Crippen LogP contribution in [0.5, 0.6) is 0 Å². The zero-order valence-corrected chi connectivity index (χ0v) is 17.3. The fraction of sp³-hybridized carbons (Fsp3) is 0.455. The summed E-state index contributed by atoms with van der Waals surface area (Å²) in [5.74, 6) is 0.136. The summed E-state index contributed by atoms with van der Waals surface area (Å²) in [6, 6.07) is 10.5. The molecular weight excluding hydrogens is 370 g/mol. The lowest BCUT2D eigenvalue weighted by atomic mass is 10.1. The molecule has 6 heteroatoms. The lowest BCUT2D eigenvalue weighted by Gasteiger charge is -2.22. The van der Waals surface area contributed by atoms with Crippen molar-refractivity contribution in [2.24, 2.45) is 0 Å². The van der Waals surface area contributed by atoms with E-state index >= 15 is 0 Å². The molecule has 5 nitrogen and oxygen atoms in total. The van der Waals surface area contributed by atoms with Crippen molar-refractivity contribution >= 4 is 23.2 Å². The van der Waals surface area contributed by atoms with E-state index in [-0.39, 0.29) is 11.8 Å². The number of hydrogen-bond donors (Lipinski definition) is 1. The molecule has 0 atom stereocenters. The van der Waals surface area contributed by atoms with E-state index in [1.165, 1.54) is 22.5 Å². The Balaban J connectivity index is 1.36. The molecule has 1 N–H and O–H groups in total. The standard InChI is InChI=1S/C22H29N3O2S/c1-18-5-7-19(8-6-18)16-24-11-3-12-25(14-13-24)21(26)4-2-10-23-22(27)20-9-15-28-17-20/h5-9,15,17H,2-4,10-14,16H2,1H3,(H,23,27). The Kier molecular flexibility index (Phi) is 7.62. The van der Waals surface area contributed by atoms with Crippen LogP contribution < -0.4 is 5.32 Å². The third kappa shape index (κ3) is 6.17. The van der Waals surface area contributed by atoms with Gasteiger partial charge in [-0.15, -0.1) is 0 Å². The Hall–Kier alpha value is -2.18. The highest BCUT2D eigenvalue weighted by Crippen LogP contribution is 2.11. The fourth-order valence-electron chi connectivity index (χ4n) is 3.43. The minimum absolute atomic E-state index is 0.0600. The quantitative estimate of drug-likeness (QED) is 0.727. The number of carbonyl (C=O) groups is 2. The molecule has 0 unspecified atom stereocenters. The number of hydrogen-bond acceptors (Lipinski definition) is 4. The molecular formula is C22H29N3O2S. The number of benzene rings is 1. The fourth-order valence-corrected chi connectivity index (χ4v) is 4.06. The molecule has 0 radical (unpaired) electrons. The molecule has 0 aliphatic carbocycles. The van der Waals surface area contributed by atoms with Crippen LogP contribution in [0.15, 0.2) is 41.1 Å². The molecule has 2 amide bonds. The number of nitrogens with zero attached hydrogens (tertiary/aromatic N) is 2. The summed E-state index contributed by atoms with van der Waals surface area (Å²) in [4.78, 5) is 28.8. The zero-order chi connectivity index (χ0) is 19.8. The molecule has 28 heavy (non-hydrogen) atoms. The summed E-state index contributed by atoms with van der Waals surface area (Å²) in [6.45, 7) is 7.12. The molecule has 1 fully saturated rings. The van der Waals surface area contributed by atoms with Crippen LogP contribution in [0.25, 0.3) is 0 Å². The first kappa shape index (κ1) is 20.6. The van der Waals surface area contributed by atoms with Crippen molar-refractivity contribution in [2.45, 2.75) is 32.7 Å². The van der Waals surface area contributed by atoms with Crippen molar-refractivity contribution in [2.75, 3.05) is 32.7 Å². The van der Waals surface area contributed by atoms with Gasteiger partial charge in [-0.25, -0.2) is 0 Å². The van der Waals surface area contributed by atoms with Gasteiger partial charge in [-0.3, -0.25) is 14.5 Å². The van der Waals surface area contributed by atoms with Crippen molar-refractivity contribution in [1.29, 1.82) is 0 Å². The van der Waals surface area contributed by atoms with Gasteiger partial charge in [0.15, 0.2) is 0 Å². The summed E-state index contributed by atoms with van der Waals surface area (Å²) in [5, 5.41) is 6.60. The number of thiophene rings is 1. The van der Waals surface area contributed by atoms with Crippen molar-refractivity contribution in [3.8, 4) is 0 Å². The van der Waals surface area contributed by atoms with Crippen molar-refractivity contribution in [3.05, 3.63) is 57.8 Å². The third-order valence-corrected chi connectivity index (χ3v) is 5.79. The molecule has 150 valence electrons. The number of carbonyl (C=O) groups excluding carboxylic acids is 2. The monoisotopic (exact) mass is 399 g/mol. The summed E-state index contributed by atoms with van der Waals surface area (Å²) >= 11 is 1.51. The van der Waals surface area contributed by atoms with Crippen LogP contribution in [0.4, 0.5) is 0 Å². The Morgan fingerprint density at radius 1 is 1.07 bits per heavy atom. The van der Waals surface area contributed by atoms with Crippen LogP contribution in [-0.4, -0.2) is 54.3 Å². The molecule has 1 aromatic carbocycles. The van der Waals surface area contributed by atoms with Crippen molar-refractivity contribution in [1.82, 2.24) is 15.1 Å². The third-order valence-electron chi connectivity index (χ3n) is 5.10. The number of aryl methyl sites for hydroxylation is 1. The lowest BCUT2D eigenvalue weighted by molar-refractivity contribution is -0.131. The maximum Gasteiger partial charge on any atom is 0.252 e. The van der Waals surface area contributed by atoms with Crippen LogP contribution in [-0.2, 0) is 11.3 Å². The molecule has 2 heterocycles.